The van der Waals surface area contributed by atoms with Crippen molar-refractivity contribution in [3.63, 3.8) is 0 Å². The number of ether oxygens (including phenoxy) is 1. The third kappa shape index (κ3) is 4.40. The summed E-state index contributed by atoms with van der Waals surface area (Å²) in [5.74, 6) is 0.0730. The predicted molar refractivity (Wildman–Crippen MR) is 110 cm³/mol. The van der Waals surface area contributed by atoms with Gasteiger partial charge in [0.05, 0.1) is 36.5 Å². The first kappa shape index (κ1) is 20.2. The number of anilines is 1. The largest absolute Gasteiger partial charge is 0.379 e. The fourth-order valence-corrected chi connectivity index (χ4v) is 4.59. The van der Waals surface area contributed by atoms with Crippen molar-refractivity contribution >= 4 is 21.7 Å². The Kier molecular flexibility index (Phi) is 5.88. The Labute approximate surface area is 174 Å². The van der Waals surface area contributed by atoms with Gasteiger partial charge in [0.1, 0.15) is 5.82 Å². The number of nitrogens with one attached hydrogen (secondary N) is 1. The lowest BCUT2D eigenvalue weighted by Gasteiger charge is -2.26. The average molecular weight is 427 g/mol. The van der Waals surface area contributed by atoms with Crippen molar-refractivity contribution in [2.24, 2.45) is 0 Å². The molecule has 1 aromatic carbocycles. The average Bonchev–Trinajstić information content (AvgIpc) is 3.21. The minimum Gasteiger partial charge on any atom is -0.379 e. The number of carbonyl (C=O) groups is 1. The highest BCUT2D eigenvalue weighted by atomic mass is 32.2. The summed E-state index contributed by atoms with van der Waals surface area (Å²) in [6.07, 6.45) is 3.27. The number of hydrogen-bond donors (Lipinski definition) is 1. The van der Waals surface area contributed by atoms with Crippen LogP contribution in [0.2, 0.25) is 0 Å². The second-order valence-electron chi connectivity index (χ2n) is 6.69. The van der Waals surface area contributed by atoms with E-state index >= 15 is 0 Å². The molecule has 1 amide bonds. The number of carbonyl (C=O) groups excluding carboxylic acids is 1. The first-order valence-corrected chi connectivity index (χ1v) is 10.9. The minimum atomic E-state index is -3.68. The Bertz CT molecular complexity index is 1120. The van der Waals surface area contributed by atoms with E-state index in [4.69, 9.17) is 4.74 Å². The maximum atomic E-state index is 12.9. The van der Waals surface area contributed by atoms with Crippen molar-refractivity contribution in [2.75, 3.05) is 31.6 Å². The van der Waals surface area contributed by atoms with Crippen molar-refractivity contribution < 1.29 is 17.9 Å². The number of benzene rings is 1. The summed E-state index contributed by atoms with van der Waals surface area (Å²) in [5.41, 5.74) is 1.05. The number of aromatic nitrogens is 3. The number of morpholine rings is 1. The van der Waals surface area contributed by atoms with Crippen molar-refractivity contribution in [1.82, 2.24) is 19.1 Å². The summed E-state index contributed by atoms with van der Waals surface area (Å²) >= 11 is 0. The van der Waals surface area contributed by atoms with Crippen LogP contribution in [0.1, 0.15) is 16.1 Å². The molecular weight excluding hydrogens is 406 g/mol. The van der Waals surface area contributed by atoms with Crippen LogP contribution in [0.3, 0.4) is 0 Å². The summed E-state index contributed by atoms with van der Waals surface area (Å²) in [4.78, 5) is 17.1. The highest BCUT2D eigenvalue weighted by Crippen LogP contribution is 2.19. The molecule has 4 rings (SSSR count). The quantitative estimate of drug-likeness (QED) is 0.640. The van der Waals surface area contributed by atoms with Crippen LogP contribution in [0.5, 0.6) is 0 Å². The van der Waals surface area contributed by atoms with E-state index in [-0.39, 0.29) is 10.5 Å². The highest BCUT2D eigenvalue weighted by Gasteiger charge is 2.27. The molecule has 0 radical (unpaired) electrons. The standard InChI is InChI=1S/C20H21N5O4S/c26-20(23-19-7-9-22-25(19)15-17-5-1-2-8-21-17)16-4-3-6-18(14-16)30(27,28)24-10-12-29-13-11-24/h1-9,14H,10-13,15H2,(H,23,26). The van der Waals surface area contributed by atoms with Crippen LogP contribution >= 0.6 is 0 Å². The van der Waals surface area contributed by atoms with E-state index < -0.39 is 15.9 Å². The maximum Gasteiger partial charge on any atom is 0.256 e. The van der Waals surface area contributed by atoms with Gasteiger partial charge >= 0.3 is 0 Å². The van der Waals surface area contributed by atoms with Crippen molar-refractivity contribution in [3.8, 4) is 0 Å². The van der Waals surface area contributed by atoms with E-state index in [0.29, 0.717) is 38.7 Å². The van der Waals surface area contributed by atoms with Gasteiger partial charge in [-0.05, 0) is 30.3 Å². The summed E-state index contributed by atoms with van der Waals surface area (Å²) < 4.78 is 33.9. The first-order valence-electron chi connectivity index (χ1n) is 9.45. The van der Waals surface area contributed by atoms with E-state index in [0.717, 1.165) is 5.69 Å². The molecule has 0 bridgehead atoms. The molecule has 156 valence electrons. The van der Waals surface area contributed by atoms with Crippen molar-refractivity contribution in [1.29, 1.82) is 0 Å². The first-order chi connectivity index (χ1) is 14.5. The maximum absolute atomic E-state index is 12.9. The summed E-state index contributed by atoms with van der Waals surface area (Å²) in [6.45, 7) is 1.71. The molecule has 0 spiro atoms. The second-order valence-corrected chi connectivity index (χ2v) is 8.63. The van der Waals surface area contributed by atoms with Crippen molar-refractivity contribution in [3.05, 3.63) is 72.2 Å². The fraction of sp³-hybridized carbons (Fsp3) is 0.250. The summed E-state index contributed by atoms with van der Waals surface area (Å²) in [6, 6.07) is 13.3. The Hall–Kier alpha value is -3.08. The molecule has 9 nitrogen and oxygen atoms in total. The molecule has 1 aliphatic heterocycles. The molecule has 0 atom stereocenters. The van der Waals surface area contributed by atoms with Gasteiger partial charge in [0.25, 0.3) is 5.91 Å². The van der Waals surface area contributed by atoms with Gasteiger partial charge in [-0.25, -0.2) is 13.1 Å². The van der Waals surface area contributed by atoms with Crippen LogP contribution in [0, 0.1) is 0 Å². The van der Waals surface area contributed by atoms with E-state index in [1.807, 2.05) is 18.2 Å². The molecule has 1 N–H and O–H groups in total. The number of rotatable bonds is 6. The molecule has 0 aliphatic carbocycles. The van der Waals surface area contributed by atoms with Gasteiger partial charge in [-0.1, -0.05) is 12.1 Å². The van der Waals surface area contributed by atoms with Crippen LogP contribution in [-0.4, -0.2) is 59.7 Å². The monoisotopic (exact) mass is 427 g/mol. The van der Waals surface area contributed by atoms with E-state index in [1.54, 1.807) is 35.3 Å². The fourth-order valence-electron chi connectivity index (χ4n) is 3.13. The molecule has 1 saturated heterocycles. The molecule has 30 heavy (non-hydrogen) atoms. The molecule has 1 aliphatic rings. The lowest BCUT2D eigenvalue weighted by molar-refractivity contribution is 0.0730. The topological polar surface area (TPSA) is 106 Å². The van der Waals surface area contributed by atoms with E-state index in [2.05, 4.69) is 15.4 Å². The highest BCUT2D eigenvalue weighted by molar-refractivity contribution is 7.89. The Morgan fingerprint density at radius 2 is 1.90 bits per heavy atom. The second kappa shape index (κ2) is 8.74. The Morgan fingerprint density at radius 1 is 1.07 bits per heavy atom. The molecule has 0 unspecified atom stereocenters. The third-order valence-electron chi connectivity index (χ3n) is 4.70. The molecule has 3 aromatic rings. The molecule has 3 heterocycles. The number of nitrogens with zero attached hydrogens (tertiary/aromatic N) is 4. The Balaban J connectivity index is 1.51. The lowest BCUT2D eigenvalue weighted by Crippen LogP contribution is -2.40. The van der Waals surface area contributed by atoms with Gasteiger partial charge in [-0.3, -0.25) is 9.78 Å². The summed E-state index contributed by atoms with van der Waals surface area (Å²) in [5, 5.41) is 7.01. The van der Waals surface area contributed by atoms with Gasteiger partial charge in [-0.15, -0.1) is 0 Å². The molecule has 10 heteroatoms. The van der Waals surface area contributed by atoms with Crippen LogP contribution < -0.4 is 5.32 Å². The number of sulfonamides is 1. The molecular formula is C20H21N5O4S. The Morgan fingerprint density at radius 3 is 2.67 bits per heavy atom. The zero-order valence-electron chi connectivity index (χ0n) is 16.1. The van der Waals surface area contributed by atoms with Crippen LogP contribution in [-0.2, 0) is 21.3 Å². The van der Waals surface area contributed by atoms with Crippen molar-refractivity contribution in [2.45, 2.75) is 11.4 Å². The predicted octanol–water partition coefficient (Wildman–Crippen LogP) is 1.60. The van der Waals surface area contributed by atoms with Gasteiger partial charge in [0, 0.05) is 30.9 Å². The van der Waals surface area contributed by atoms with Gasteiger partial charge < -0.3 is 10.1 Å². The van der Waals surface area contributed by atoms with E-state index in [1.165, 1.54) is 16.4 Å². The normalized spacial score (nSPS) is 15.1. The van der Waals surface area contributed by atoms with Crippen LogP contribution in [0.25, 0.3) is 0 Å². The number of pyridine rings is 1. The lowest BCUT2D eigenvalue weighted by atomic mass is 10.2. The van der Waals surface area contributed by atoms with Crippen LogP contribution in [0.4, 0.5) is 5.82 Å². The zero-order valence-corrected chi connectivity index (χ0v) is 17.0. The molecule has 0 saturated carbocycles. The minimum absolute atomic E-state index is 0.0824. The molecule has 1 fully saturated rings. The number of hydrogen-bond acceptors (Lipinski definition) is 6. The van der Waals surface area contributed by atoms with Gasteiger partial charge in [0.2, 0.25) is 10.0 Å². The van der Waals surface area contributed by atoms with Gasteiger partial charge in [-0.2, -0.15) is 9.40 Å². The smallest absolute Gasteiger partial charge is 0.256 e. The molecule has 2 aromatic heterocycles. The number of amides is 1. The van der Waals surface area contributed by atoms with Gasteiger partial charge in [0.15, 0.2) is 0 Å². The van der Waals surface area contributed by atoms with Crippen LogP contribution in [0.15, 0.2) is 65.8 Å². The third-order valence-corrected chi connectivity index (χ3v) is 6.59. The zero-order chi connectivity index (χ0) is 21.0. The SMILES string of the molecule is O=C(Nc1ccnn1Cc1ccccn1)c1cccc(S(=O)(=O)N2CCOCC2)c1. The summed E-state index contributed by atoms with van der Waals surface area (Å²) in [7, 11) is -3.68. The van der Waals surface area contributed by atoms with E-state index in [9.17, 15) is 13.2 Å².